The molecule has 47 heavy (non-hydrogen) atoms. The first-order valence-electron chi connectivity index (χ1n) is 15.8. The van der Waals surface area contributed by atoms with Gasteiger partial charge in [0.15, 0.2) is 0 Å². The summed E-state index contributed by atoms with van der Waals surface area (Å²) in [7, 11) is -0.892. The van der Waals surface area contributed by atoms with Crippen molar-refractivity contribution in [3.05, 3.63) is 182 Å². The zero-order valence-electron chi connectivity index (χ0n) is 27.2. The molecule has 245 valence electrons. The monoisotopic (exact) mass is 705 g/mol. The summed E-state index contributed by atoms with van der Waals surface area (Å²) in [5.41, 5.74) is 0. The van der Waals surface area contributed by atoms with E-state index in [0.717, 1.165) is 12.8 Å². The Bertz CT molecular complexity index is 1240. The molecule has 1 radical (unpaired) electrons. The molecular weight excluding hydrogens is 662 g/mol. The number of hydrogen-bond donors (Lipinski definition) is 0. The SMILES string of the molecule is CCC[O-].CCC[O-].[Cu+2].c1ccc(P(c2ccccc2)c2ccccc2)cc1.c1ccc(P(c2ccccc2)c2ccccc2)cc1. The van der Waals surface area contributed by atoms with E-state index in [1.807, 2.05) is 13.8 Å². The second-order valence-electron chi connectivity index (χ2n) is 10.1. The Labute approximate surface area is 295 Å². The summed E-state index contributed by atoms with van der Waals surface area (Å²) < 4.78 is 0. The predicted molar refractivity (Wildman–Crippen MR) is 201 cm³/mol. The fraction of sp³-hybridized carbons (Fsp3) is 0.143. The molecule has 0 spiro atoms. The molecule has 0 atom stereocenters. The molecule has 6 aromatic rings. The zero-order valence-corrected chi connectivity index (χ0v) is 29.9. The number of benzene rings is 6. The van der Waals surface area contributed by atoms with E-state index in [9.17, 15) is 10.2 Å². The smallest absolute Gasteiger partial charge is 0.854 e. The van der Waals surface area contributed by atoms with Crippen LogP contribution in [-0.4, -0.2) is 13.2 Å². The number of hydrogen-bond acceptors (Lipinski definition) is 2. The van der Waals surface area contributed by atoms with Gasteiger partial charge in [0.05, 0.1) is 0 Å². The van der Waals surface area contributed by atoms with Crippen LogP contribution in [-0.2, 0) is 17.1 Å². The molecule has 0 aliphatic rings. The predicted octanol–water partition coefficient (Wildman–Crippen LogP) is 6.40. The van der Waals surface area contributed by atoms with Gasteiger partial charge in [-0.15, -0.1) is 13.2 Å². The van der Waals surface area contributed by atoms with E-state index >= 15 is 0 Å². The van der Waals surface area contributed by atoms with E-state index in [0.29, 0.717) is 0 Å². The second-order valence-corrected chi connectivity index (χ2v) is 14.5. The van der Waals surface area contributed by atoms with Crippen molar-refractivity contribution < 1.29 is 27.3 Å². The van der Waals surface area contributed by atoms with Gasteiger partial charge in [0.25, 0.3) is 0 Å². The summed E-state index contributed by atoms with van der Waals surface area (Å²) in [5, 5.41) is 27.0. The zero-order chi connectivity index (χ0) is 32.7. The van der Waals surface area contributed by atoms with E-state index < -0.39 is 15.8 Å². The van der Waals surface area contributed by atoms with Gasteiger partial charge >= 0.3 is 17.1 Å². The third-order valence-electron chi connectivity index (χ3n) is 6.49. The standard InChI is InChI=1S/2C18H15P.2C3H7O.Cu/c2*1-4-10-16(11-5-1)19(17-12-6-2-7-13-17)18-14-8-3-9-15-18;2*1-2-3-4;/h2*1-15H;2*2-3H2,1H3;/q;;2*-1;+2. The maximum absolute atomic E-state index is 9.30. The Kier molecular flexibility index (Phi) is 21.0. The molecule has 0 aliphatic heterocycles. The van der Waals surface area contributed by atoms with Crippen LogP contribution in [0.25, 0.3) is 0 Å². The van der Waals surface area contributed by atoms with Crippen molar-refractivity contribution in [2.24, 2.45) is 0 Å². The Balaban J connectivity index is 0.000000262. The quantitative estimate of drug-likeness (QED) is 0.136. The fourth-order valence-electron chi connectivity index (χ4n) is 4.36. The van der Waals surface area contributed by atoms with Crippen molar-refractivity contribution in [1.82, 2.24) is 0 Å². The van der Waals surface area contributed by atoms with Crippen LogP contribution in [0.5, 0.6) is 0 Å². The third kappa shape index (κ3) is 14.1. The summed E-state index contributed by atoms with van der Waals surface area (Å²) >= 11 is 0. The summed E-state index contributed by atoms with van der Waals surface area (Å²) in [6.07, 6.45) is 1.53. The molecule has 0 unspecified atom stereocenters. The molecular formula is C42H44CuO2P2. The van der Waals surface area contributed by atoms with Crippen LogP contribution in [0.15, 0.2) is 182 Å². The first-order valence-corrected chi connectivity index (χ1v) is 18.5. The molecule has 5 heteroatoms. The normalized spacial score (nSPS) is 9.83. The van der Waals surface area contributed by atoms with Crippen molar-refractivity contribution in [1.29, 1.82) is 0 Å². The molecule has 0 saturated carbocycles. The molecule has 0 saturated heterocycles. The van der Waals surface area contributed by atoms with Gasteiger partial charge < -0.3 is 10.2 Å². The maximum Gasteiger partial charge on any atom is 2.00 e. The van der Waals surface area contributed by atoms with Crippen molar-refractivity contribution in [3.8, 4) is 0 Å². The molecule has 0 heterocycles. The van der Waals surface area contributed by atoms with Crippen molar-refractivity contribution in [3.63, 3.8) is 0 Å². The topological polar surface area (TPSA) is 46.1 Å². The molecule has 0 bridgehead atoms. The summed E-state index contributed by atoms with van der Waals surface area (Å²) in [6.45, 7) is 3.88. The van der Waals surface area contributed by atoms with Gasteiger partial charge in [-0.25, -0.2) is 0 Å². The van der Waals surface area contributed by atoms with Gasteiger partial charge in [0.1, 0.15) is 0 Å². The second kappa shape index (κ2) is 24.7. The average Bonchev–Trinajstić information content (AvgIpc) is 3.15. The summed E-state index contributed by atoms with van der Waals surface area (Å²) in [6, 6.07) is 64.7. The Hall–Kier alpha value is -3.38. The van der Waals surface area contributed by atoms with E-state index in [2.05, 4.69) is 182 Å². The van der Waals surface area contributed by atoms with Gasteiger partial charge in [-0.05, 0) is 47.7 Å². The van der Waals surface area contributed by atoms with Crippen LogP contribution in [0, 0.1) is 0 Å². The van der Waals surface area contributed by atoms with Crippen LogP contribution in [0.4, 0.5) is 0 Å². The Morgan fingerprint density at radius 2 is 0.447 bits per heavy atom. The van der Waals surface area contributed by atoms with Crippen LogP contribution in [0.1, 0.15) is 26.7 Å². The van der Waals surface area contributed by atoms with Gasteiger partial charge in [-0.2, -0.15) is 0 Å². The summed E-state index contributed by atoms with van der Waals surface area (Å²) in [5.74, 6) is 0. The van der Waals surface area contributed by atoms with Crippen molar-refractivity contribution in [2.45, 2.75) is 26.7 Å². The maximum atomic E-state index is 9.30. The average molecular weight is 706 g/mol. The Morgan fingerprint density at radius 3 is 0.553 bits per heavy atom. The molecule has 6 rings (SSSR count). The van der Waals surface area contributed by atoms with Crippen molar-refractivity contribution in [2.75, 3.05) is 13.2 Å². The van der Waals surface area contributed by atoms with Crippen LogP contribution >= 0.6 is 15.8 Å². The minimum absolute atomic E-state index is 0. The Morgan fingerprint density at radius 1 is 0.319 bits per heavy atom. The van der Waals surface area contributed by atoms with E-state index in [1.54, 1.807) is 0 Å². The minimum Gasteiger partial charge on any atom is -0.854 e. The molecule has 0 N–H and O–H groups in total. The number of rotatable bonds is 8. The molecule has 2 nitrogen and oxygen atoms in total. The van der Waals surface area contributed by atoms with Crippen LogP contribution in [0.2, 0.25) is 0 Å². The van der Waals surface area contributed by atoms with Gasteiger partial charge in [-0.3, -0.25) is 0 Å². The fourth-order valence-corrected chi connectivity index (χ4v) is 8.97. The van der Waals surface area contributed by atoms with Gasteiger partial charge in [0, 0.05) is 0 Å². The molecule has 0 amide bonds. The third-order valence-corrected chi connectivity index (χ3v) is 11.4. The first kappa shape index (κ1) is 39.8. The van der Waals surface area contributed by atoms with E-state index in [4.69, 9.17) is 0 Å². The minimum atomic E-state index is -0.446. The molecule has 0 aromatic heterocycles. The van der Waals surface area contributed by atoms with Crippen LogP contribution in [0.3, 0.4) is 0 Å². The molecule has 0 fully saturated rings. The van der Waals surface area contributed by atoms with Crippen molar-refractivity contribution >= 4 is 47.7 Å². The summed E-state index contributed by atoms with van der Waals surface area (Å²) in [4.78, 5) is 0. The van der Waals surface area contributed by atoms with Crippen LogP contribution < -0.4 is 42.0 Å². The largest absolute Gasteiger partial charge is 2.00 e. The molecule has 0 aliphatic carbocycles. The first-order chi connectivity index (χ1) is 22.7. The van der Waals surface area contributed by atoms with Gasteiger partial charge in [-0.1, -0.05) is 209 Å². The van der Waals surface area contributed by atoms with E-state index in [-0.39, 0.29) is 30.3 Å². The van der Waals surface area contributed by atoms with Gasteiger partial charge in [0.2, 0.25) is 0 Å². The molecule has 6 aromatic carbocycles. The van der Waals surface area contributed by atoms with E-state index in [1.165, 1.54) is 31.8 Å².